The number of hydrogen-bond donors (Lipinski definition) is 1. The summed E-state index contributed by atoms with van der Waals surface area (Å²) in [5.41, 5.74) is 9.32. The molecule has 0 amide bonds. The number of rotatable bonds is 2. The van der Waals surface area contributed by atoms with Gasteiger partial charge in [-0.2, -0.15) is 5.26 Å². The van der Waals surface area contributed by atoms with Crippen LogP contribution in [-0.4, -0.2) is 9.55 Å². The Morgan fingerprint density at radius 2 is 1.70 bits per heavy atom. The Labute approximate surface area is 116 Å². The van der Waals surface area contributed by atoms with Gasteiger partial charge in [0.1, 0.15) is 0 Å². The number of anilines is 1. The molecule has 0 aliphatic heterocycles. The van der Waals surface area contributed by atoms with Crippen molar-refractivity contribution in [3.8, 4) is 23.0 Å². The van der Waals surface area contributed by atoms with E-state index < -0.39 is 0 Å². The molecule has 0 aliphatic carbocycles. The maximum atomic E-state index is 8.81. The molecule has 0 unspecified atom stereocenters. The van der Waals surface area contributed by atoms with Gasteiger partial charge in [0.15, 0.2) is 0 Å². The average molecular weight is 260 g/mol. The summed E-state index contributed by atoms with van der Waals surface area (Å²) in [6.45, 7) is 0. The summed E-state index contributed by atoms with van der Waals surface area (Å²) in [6.07, 6.45) is 1.89. The minimum absolute atomic E-state index is 0.425. The van der Waals surface area contributed by atoms with Crippen LogP contribution >= 0.6 is 0 Å². The van der Waals surface area contributed by atoms with Crippen molar-refractivity contribution in [2.45, 2.75) is 0 Å². The highest BCUT2D eigenvalue weighted by atomic mass is 15.1. The molecule has 3 rings (SSSR count). The molecule has 0 saturated heterocycles. The van der Waals surface area contributed by atoms with Crippen LogP contribution in [0.15, 0.2) is 60.8 Å². The molecular formula is C16H12N4. The Balaban J connectivity index is 2.03. The standard InChI is InChI=1S/C16H12N4/c17-10-12-6-8-14(9-7-12)20-11-15(19-16(20)18)13-4-2-1-3-5-13/h1-9,11H,(H2,18,19). The lowest BCUT2D eigenvalue weighted by atomic mass is 10.2. The van der Waals surface area contributed by atoms with Crippen molar-refractivity contribution in [2.24, 2.45) is 0 Å². The molecule has 2 aromatic carbocycles. The molecule has 0 aliphatic rings. The summed E-state index contributed by atoms with van der Waals surface area (Å²) in [5, 5.41) is 8.81. The molecule has 0 radical (unpaired) electrons. The van der Waals surface area contributed by atoms with Gasteiger partial charge in [0.25, 0.3) is 0 Å². The molecule has 0 spiro atoms. The maximum Gasteiger partial charge on any atom is 0.205 e. The number of nitrogens with two attached hydrogens (primary N) is 1. The summed E-state index contributed by atoms with van der Waals surface area (Å²) in [5.74, 6) is 0.425. The fourth-order valence-electron chi connectivity index (χ4n) is 2.05. The van der Waals surface area contributed by atoms with Gasteiger partial charge >= 0.3 is 0 Å². The maximum absolute atomic E-state index is 8.81. The summed E-state index contributed by atoms with van der Waals surface area (Å²) < 4.78 is 1.81. The van der Waals surface area contributed by atoms with Gasteiger partial charge in [0.05, 0.1) is 17.3 Å². The topological polar surface area (TPSA) is 67.6 Å². The van der Waals surface area contributed by atoms with Gasteiger partial charge < -0.3 is 5.73 Å². The van der Waals surface area contributed by atoms with Crippen LogP contribution in [0.2, 0.25) is 0 Å². The molecule has 20 heavy (non-hydrogen) atoms. The zero-order valence-corrected chi connectivity index (χ0v) is 10.7. The first-order valence-electron chi connectivity index (χ1n) is 6.19. The van der Waals surface area contributed by atoms with E-state index in [4.69, 9.17) is 11.0 Å². The Morgan fingerprint density at radius 3 is 2.35 bits per heavy atom. The molecule has 2 N–H and O–H groups in total. The quantitative estimate of drug-likeness (QED) is 0.770. The number of nitrogen functional groups attached to an aromatic ring is 1. The van der Waals surface area contributed by atoms with Crippen LogP contribution in [0.3, 0.4) is 0 Å². The minimum Gasteiger partial charge on any atom is -0.369 e. The van der Waals surface area contributed by atoms with Gasteiger partial charge in [-0.15, -0.1) is 0 Å². The lowest BCUT2D eigenvalue weighted by Gasteiger charge is -2.03. The molecule has 1 aromatic heterocycles. The molecule has 0 atom stereocenters. The van der Waals surface area contributed by atoms with E-state index in [1.807, 2.05) is 53.2 Å². The molecule has 3 aromatic rings. The first-order valence-corrected chi connectivity index (χ1v) is 6.19. The molecule has 0 bridgehead atoms. The monoisotopic (exact) mass is 260 g/mol. The minimum atomic E-state index is 0.425. The molecule has 0 fully saturated rings. The zero-order valence-electron chi connectivity index (χ0n) is 10.7. The van der Waals surface area contributed by atoms with E-state index in [0.29, 0.717) is 11.5 Å². The van der Waals surface area contributed by atoms with E-state index in [1.165, 1.54) is 0 Å². The number of aromatic nitrogens is 2. The Morgan fingerprint density at radius 1 is 1.00 bits per heavy atom. The highest BCUT2D eigenvalue weighted by Gasteiger charge is 2.08. The Kier molecular flexibility index (Phi) is 2.94. The number of nitriles is 1. The summed E-state index contributed by atoms with van der Waals surface area (Å²) in [6, 6.07) is 19.2. The summed E-state index contributed by atoms with van der Waals surface area (Å²) in [4.78, 5) is 4.38. The van der Waals surface area contributed by atoms with Crippen molar-refractivity contribution in [3.63, 3.8) is 0 Å². The number of imidazole rings is 1. The van der Waals surface area contributed by atoms with Gasteiger partial charge in [0, 0.05) is 17.4 Å². The number of nitrogens with zero attached hydrogens (tertiary/aromatic N) is 3. The molecular weight excluding hydrogens is 248 g/mol. The van der Waals surface area contributed by atoms with E-state index in [1.54, 1.807) is 12.1 Å². The van der Waals surface area contributed by atoms with Crippen molar-refractivity contribution < 1.29 is 0 Å². The first kappa shape index (κ1) is 12.0. The largest absolute Gasteiger partial charge is 0.369 e. The first-order chi connectivity index (χ1) is 9.78. The number of benzene rings is 2. The van der Waals surface area contributed by atoms with Crippen LogP contribution in [0.5, 0.6) is 0 Å². The van der Waals surface area contributed by atoms with Crippen molar-refractivity contribution in [1.29, 1.82) is 5.26 Å². The van der Waals surface area contributed by atoms with E-state index in [9.17, 15) is 0 Å². The van der Waals surface area contributed by atoms with Gasteiger partial charge in [-0.25, -0.2) is 4.98 Å². The molecule has 96 valence electrons. The predicted molar refractivity (Wildman–Crippen MR) is 78.1 cm³/mol. The van der Waals surface area contributed by atoms with Gasteiger partial charge in [-0.05, 0) is 24.3 Å². The van der Waals surface area contributed by atoms with Crippen LogP contribution in [0.4, 0.5) is 5.95 Å². The van der Waals surface area contributed by atoms with Crippen LogP contribution in [0.1, 0.15) is 5.56 Å². The second-order valence-electron chi connectivity index (χ2n) is 4.38. The van der Waals surface area contributed by atoms with Crippen molar-refractivity contribution in [3.05, 3.63) is 66.4 Å². The summed E-state index contributed by atoms with van der Waals surface area (Å²) in [7, 11) is 0. The third kappa shape index (κ3) is 2.13. The summed E-state index contributed by atoms with van der Waals surface area (Å²) >= 11 is 0. The molecule has 4 nitrogen and oxygen atoms in total. The zero-order chi connectivity index (χ0) is 13.9. The number of hydrogen-bond acceptors (Lipinski definition) is 3. The van der Waals surface area contributed by atoms with Crippen molar-refractivity contribution in [1.82, 2.24) is 9.55 Å². The van der Waals surface area contributed by atoms with E-state index in [-0.39, 0.29) is 0 Å². The van der Waals surface area contributed by atoms with E-state index in [0.717, 1.165) is 16.9 Å². The highest BCUT2D eigenvalue weighted by molar-refractivity contribution is 5.61. The van der Waals surface area contributed by atoms with Crippen molar-refractivity contribution >= 4 is 5.95 Å². The predicted octanol–water partition coefficient (Wildman–Crippen LogP) is 2.99. The van der Waals surface area contributed by atoms with Crippen LogP contribution in [0.25, 0.3) is 16.9 Å². The SMILES string of the molecule is N#Cc1ccc(-n2cc(-c3ccccc3)nc2N)cc1. The lowest BCUT2D eigenvalue weighted by molar-refractivity contribution is 1.07. The van der Waals surface area contributed by atoms with Gasteiger partial charge in [-0.1, -0.05) is 30.3 Å². The second-order valence-corrected chi connectivity index (χ2v) is 4.38. The third-order valence-corrected chi connectivity index (χ3v) is 3.08. The van der Waals surface area contributed by atoms with Crippen LogP contribution in [0, 0.1) is 11.3 Å². The van der Waals surface area contributed by atoms with E-state index in [2.05, 4.69) is 11.1 Å². The smallest absolute Gasteiger partial charge is 0.205 e. The van der Waals surface area contributed by atoms with Crippen molar-refractivity contribution in [2.75, 3.05) is 5.73 Å². The molecule has 4 heteroatoms. The van der Waals surface area contributed by atoms with Gasteiger partial charge in [0.2, 0.25) is 5.95 Å². The van der Waals surface area contributed by atoms with E-state index >= 15 is 0 Å². The molecule has 0 saturated carbocycles. The molecule has 1 heterocycles. The van der Waals surface area contributed by atoms with Crippen LogP contribution in [-0.2, 0) is 0 Å². The highest BCUT2D eigenvalue weighted by Crippen LogP contribution is 2.22. The van der Waals surface area contributed by atoms with Crippen LogP contribution < -0.4 is 5.73 Å². The Hall–Kier alpha value is -3.06. The Bertz CT molecular complexity index is 764. The second kappa shape index (κ2) is 4.90. The average Bonchev–Trinajstić information content (AvgIpc) is 2.90. The fraction of sp³-hybridized carbons (Fsp3) is 0. The van der Waals surface area contributed by atoms with Gasteiger partial charge in [-0.3, -0.25) is 4.57 Å². The lowest BCUT2D eigenvalue weighted by Crippen LogP contribution is -1.99. The normalized spacial score (nSPS) is 10.2. The fourth-order valence-corrected chi connectivity index (χ4v) is 2.05. The third-order valence-electron chi connectivity index (χ3n) is 3.08.